The monoisotopic (exact) mass is 395 g/mol. The number of hydrogen-bond acceptors (Lipinski definition) is 7. The lowest BCUT2D eigenvalue weighted by Gasteiger charge is -2.35. The van der Waals surface area contributed by atoms with Crippen LogP contribution in [0.5, 0.6) is 0 Å². The Kier molecular flexibility index (Phi) is 5.64. The maximum atomic E-state index is 12.7. The molecule has 1 aromatic carbocycles. The number of nitrogens with zero attached hydrogens (tertiary/aromatic N) is 6. The van der Waals surface area contributed by atoms with Crippen molar-refractivity contribution < 1.29 is 9.32 Å². The molecule has 2 heterocycles. The third-order valence-corrected chi connectivity index (χ3v) is 5.29. The van der Waals surface area contributed by atoms with Crippen molar-refractivity contribution in [3.63, 3.8) is 0 Å². The average Bonchev–Trinajstić information content (AvgIpc) is 3.39. The third kappa shape index (κ3) is 4.49. The molecule has 0 aliphatic heterocycles. The van der Waals surface area contributed by atoms with Crippen LogP contribution in [-0.4, -0.2) is 36.3 Å². The van der Waals surface area contributed by atoms with Gasteiger partial charge in [-0.15, -0.1) is 10.2 Å². The van der Waals surface area contributed by atoms with Crippen molar-refractivity contribution in [2.45, 2.75) is 64.0 Å². The van der Waals surface area contributed by atoms with Crippen LogP contribution in [0, 0.1) is 6.92 Å². The highest BCUT2D eigenvalue weighted by molar-refractivity contribution is 5.76. The van der Waals surface area contributed by atoms with Crippen molar-refractivity contribution in [2.75, 3.05) is 0 Å². The van der Waals surface area contributed by atoms with Crippen LogP contribution in [-0.2, 0) is 16.9 Å². The second-order valence-electron chi connectivity index (χ2n) is 7.51. The summed E-state index contributed by atoms with van der Waals surface area (Å²) in [5.41, 5.74) is 0.408. The quantitative estimate of drug-likeness (QED) is 0.654. The molecule has 0 radical (unpaired) electrons. The molecule has 9 nitrogen and oxygen atoms in total. The summed E-state index contributed by atoms with van der Waals surface area (Å²) >= 11 is 0. The normalized spacial score (nSPS) is 15.9. The fourth-order valence-corrected chi connectivity index (χ4v) is 3.80. The first-order chi connectivity index (χ1) is 14.1. The van der Waals surface area contributed by atoms with Gasteiger partial charge in [0.05, 0.1) is 6.54 Å². The fraction of sp³-hybridized carbons (Fsp3) is 0.500. The summed E-state index contributed by atoms with van der Waals surface area (Å²) in [6.07, 6.45) is 5.91. The van der Waals surface area contributed by atoms with Crippen molar-refractivity contribution in [1.82, 2.24) is 35.7 Å². The number of aromatic nitrogens is 6. The average molecular weight is 395 g/mol. The molecular formula is C20H25N7O2. The highest BCUT2D eigenvalue weighted by Crippen LogP contribution is 2.35. The summed E-state index contributed by atoms with van der Waals surface area (Å²) in [7, 11) is 0. The van der Waals surface area contributed by atoms with Gasteiger partial charge in [-0.1, -0.05) is 54.8 Å². The lowest BCUT2D eigenvalue weighted by Crippen LogP contribution is -2.48. The number of rotatable bonds is 7. The van der Waals surface area contributed by atoms with E-state index in [1.807, 2.05) is 30.3 Å². The molecule has 1 fully saturated rings. The first kappa shape index (κ1) is 19.2. The van der Waals surface area contributed by atoms with Crippen LogP contribution in [0.4, 0.5) is 0 Å². The fourth-order valence-electron chi connectivity index (χ4n) is 3.80. The Hall–Kier alpha value is -3.10. The Labute approximate surface area is 168 Å². The molecule has 0 atom stereocenters. The van der Waals surface area contributed by atoms with E-state index in [2.05, 4.69) is 30.9 Å². The van der Waals surface area contributed by atoms with E-state index in [-0.39, 0.29) is 5.91 Å². The first-order valence-electron chi connectivity index (χ1n) is 10.1. The molecule has 1 saturated carbocycles. The van der Waals surface area contributed by atoms with E-state index in [9.17, 15) is 4.79 Å². The standard InChI is InChI=1S/C20H25N7O2/c1-15-21-19(25-29-15)20(12-6-3-7-13-20)22-17(28)11-8-14-27-24-18(23-26-27)16-9-4-2-5-10-16/h2,4-5,9-10H,3,6-8,11-14H2,1H3,(H,22,28). The number of nitrogens with one attached hydrogen (secondary N) is 1. The number of hydrogen-bond donors (Lipinski definition) is 1. The van der Waals surface area contributed by atoms with E-state index in [0.717, 1.165) is 37.7 Å². The van der Waals surface area contributed by atoms with Crippen LogP contribution < -0.4 is 5.32 Å². The van der Waals surface area contributed by atoms with Gasteiger partial charge in [-0.25, -0.2) is 0 Å². The molecule has 0 bridgehead atoms. The number of aryl methyl sites for hydroxylation is 2. The van der Waals surface area contributed by atoms with E-state index in [1.165, 1.54) is 4.80 Å². The molecule has 9 heteroatoms. The smallest absolute Gasteiger partial charge is 0.223 e. The van der Waals surface area contributed by atoms with Crippen LogP contribution >= 0.6 is 0 Å². The van der Waals surface area contributed by atoms with Gasteiger partial charge in [0.1, 0.15) is 5.54 Å². The molecular weight excluding hydrogens is 370 g/mol. The van der Waals surface area contributed by atoms with Crippen LogP contribution in [0.3, 0.4) is 0 Å². The van der Waals surface area contributed by atoms with Crippen LogP contribution in [0.2, 0.25) is 0 Å². The molecule has 1 amide bonds. The van der Waals surface area contributed by atoms with Crippen molar-refractivity contribution in [3.8, 4) is 11.4 Å². The largest absolute Gasteiger partial charge is 0.343 e. The zero-order chi connectivity index (χ0) is 20.1. The summed E-state index contributed by atoms with van der Waals surface area (Å²) < 4.78 is 5.16. The molecule has 0 saturated heterocycles. The van der Waals surface area contributed by atoms with Gasteiger partial charge in [-0.2, -0.15) is 9.78 Å². The second-order valence-corrected chi connectivity index (χ2v) is 7.51. The molecule has 4 rings (SSSR count). The summed E-state index contributed by atoms with van der Waals surface area (Å²) in [5, 5.41) is 19.8. The zero-order valence-electron chi connectivity index (χ0n) is 16.5. The molecule has 1 aliphatic rings. The predicted octanol–water partition coefficient (Wildman–Crippen LogP) is 2.79. The minimum atomic E-state index is -0.515. The number of carbonyl (C=O) groups is 1. The molecule has 29 heavy (non-hydrogen) atoms. The second kappa shape index (κ2) is 8.50. The van der Waals surface area contributed by atoms with E-state index in [4.69, 9.17) is 4.52 Å². The number of carbonyl (C=O) groups excluding carboxylic acids is 1. The number of tetrazole rings is 1. The van der Waals surface area contributed by atoms with Crippen molar-refractivity contribution in [1.29, 1.82) is 0 Å². The first-order valence-corrected chi connectivity index (χ1v) is 10.1. The minimum absolute atomic E-state index is 0.0160. The van der Waals surface area contributed by atoms with Gasteiger partial charge in [-0.05, 0) is 24.5 Å². The molecule has 152 valence electrons. The van der Waals surface area contributed by atoms with E-state index in [1.54, 1.807) is 6.92 Å². The lowest BCUT2D eigenvalue weighted by atomic mass is 9.81. The highest BCUT2D eigenvalue weighted by atomic mass is 16.5. The van der Waals surface area contributed by atoms with Gasteiger partial charge < -0.3 is 9.84 Å². The summed E-state index contributed by atoms with van der Waals surface area (Å²) in [6.45, 7) is 2.30. The van der Waals surface area contributed by atoms with Crippen molar-refractivity contribution in [3.05, 3.63) is 42.0 Å². The minimum Gasteiger partial charge on any atom is -0.343 e. The number of benzene rings is 1. The van der Waals surface area contributed by atoms with E-state index in [0.29, 0.717) is 36.9 Å². The molecule has 1 aliphatic carbocycles. The van der Waals surface area contributed by atoms with Gasteiger partial charge in [0, 0.05) is 18.9 Å². The van der Waals surface area contributed by atoms with Gasteiger partial charge in [0.15, 0.2) is 5.82 Å². The Morgan fingerprint density at radius 2 is 2.00 bits per heavy atom. The Balaban J connectivity index is 1.33. The third-order valence-electron chi connectivity index (χ3n) is 5.29. The molecule has 1 N–H and O–H groups in total. The molecule has 0 spiro atoms. The topological polar surface area (TPSA) is 112 Å². The SMILES string of the molecule is Cc1nc(C2(NC(=O)CCCn3nnc(-c4ccccc4)n3)CCCCC2)no1. The van der Waals surface area contributed by atoms with Crippen molar-refractivity contribution in [2.24, 2.45) is 0 Å². The summed E-state index contributed by atoms with van der Waals surface area (Å²) in [4.78, 5) is 18.6. The summed E-state index contributed by atoms with van der Waals surface area (Å²) in [6, 6.07) is 9.71. The Morgan fingerprint density at radius 1 is 1.21 bits per heavy atom. The van der Waals surface area contributed by atoms with Crippen LogP contribution in [0.25, 0.3) is 11.4 Å². The highest BCUT2D eigenvalue weighted by Gasteiger charge is 2.39. The van der Waals surface area contributed by atoms with E-state index >= 15 is 0 Å². The van der Waals surface area contributed by atoms with Gasteiger partial charge in [-0.3, -0.25) is 4.79 Å². The van der Waals surface area contributed by atoms with Crippen molar-refractivity contribution >= 4 is 5.91 Å². The van der Waals surface area contributed by atoms with E-state index < -0.39 is 5.54 Å². The predicted molar refractivity (Wildman–Crippen MR) is 104 cm³/mol. The Bertz CT molecular complexity index is 945. The zero-order valence-corrected chi connectivity index (χ0v) is 16.5. The van der Waals surface area contributed by atoms with Crippen LogP contribution in [0.15, 0.2) is 34.9 Å². The van der Waals surface area contributed by atoms with Gasteiger partial charge >= 0.3 is 0 Å². The molecule has 3 aromatic rings. The maximum Gasteiger partial charge on any atom is 0.223 e. The summed E-state index contributed by atoms with van der Waals surface area (Å²) in [5.74, 6) is 1.68. The van der Waals surface area contributed by atoms with Gasteiger partial charge in [0.2, 0.25) is 17.6 Å². The molecule has 2 aromatic heterocycles. The lowest BCUT2D eigenvalue weighted by molar-refractivity contribution is -0.124. The maximum absolute atomic E-state index is 12.7. The number of amides is 1. The molecule has 0 unspecified atom stereocenters. The Morgan fingerprint density at radius 3 is 2.72 bits per heavy atom. The van der Waals surface area contributed by atoms with Gasteiger partial charge in [0.25, 0.3) is 0 Å². The van der Waals surface area contributed by atoms with Crippen LogP contribution in [0.1, 0.15) is 56.7 Å².